The van der Waals surface area contributed by atoms with Crippen LogP contribution in [0.25, 0.3) is 0 Å². The standard InChI is InChI=1S/C29H46N2O5S/c1-8-10-11-18-36-26(35)21-20-13-14-29(37-20)22(21)24(33)30(16-12-17-32)23(29)25(34)31(15-9-2)28(6,7)19-27(3,4)5/h8-9,20-23,32H,1-2,10-19H2,3-7H3/t20-,21+,22+,23?,29?/m1/s1. The molecule has 208 valence electrons. The van der Waals surface area contributed by atoms with E-state index < -0.39 is 28.2 Å². The summed E-state index contributed by atoms with van der Waals surface area (Å²) < 4.78 is 4.97. The zero-order valence-electron chi connectivity index (χ0n) is 23.3. The fourth-order valence-corrected chi connectivity index (χ4v) is 9.18. The maximum absolute atomic E-state index is 14.5. The maximum Gasteiger partial charge on any atom is 0.310 e. The van der Waals surface area contributed by atoms with E-state index in [1.807, 2.05) is 4.90 Å². The van der Waals surface area contributed by atoms with Gasteiger partial charge in [0, 0.05) is 30.5 Å². The molecule has 1 N–H and O–H groups in total. The van der Waals surface area contributed by atoms with Crippen LogP contribution in [0.1, 0.15) is 73.1 Å². The van der Waals surface area contributed by atoms with Crippen molar-refractivity contribution in [2.75, 3.05) is 26.3 Å². The van der Waals surface area contributed by atoms with Crippen LogP contribution in [0.4, 0.5) is 0 Å². The lowest BCUT2D eigenvalue weighted by atomic mass is 9.71. The van der Waals surface area contributed by atoms with Crippen molar-refractivity contribution < 1.29 is 24.2 Å². The number of likely N-dealkylation sites (tertiary alicyclic amines) is 1. The molecule has 7 nitrogen and oxygen atoms in total. The molecule has 3 rings (SSSR count). The Bertz CT molecular complexity index is 897. The molecule has 0 aromatic heterocycles. The van der Waals surface area contributed by atoms with E-state index in [2.05, 4.69) is 47.8 Å². The SMILES string of the molecule is C=CCCCOC(=O)[C@@H]1[C@H]2C(=O)N(CCCO)C(C(=O)N(CC=C)C(C)(C)CC(C)(C)C)C23CC[C@H]1S3. The first-order valence-electron chi connectivity index (χ1n) is 13.6. The first kappa shape index (κ1) is 29.8. The van der Waals surface area contributed by atoms with Gasteiger partial charge in [0.05, 0.1) is 23.2 Å². The first-order valence-corrected chi connectivity index (χ1v) is 14.5. The third kappa shape index (κ3) is 5.80. The third-order valence-electron chi connectivity index (χ3n) is 7.93. The number of esters is 1. The predicted octanol–water partition coefficient (Wildman–Crippen LogP) is 4.20. The largest absolute Gasteiger partial charge is 0.465 e. The molecule has 0 radical (unpaired) electrons. The van der Waals surface area contributed by atoms with E-state index in [1.165, 1.54) is 0 Å². The Hall–Kier alpha value is -1.80. The average Bonchev–Trinajstić information content (AvgIpc) is 3.44. The lowest BCUT2D eigenvalue weighted by molar-refractivity contribution is -0.154. The number of fused-ring (bicyclic) bond motifs is 1. The Morgan fingerprint density at radius 2 is 1.92 bits per heavy atom. The van der Waals surface area contributed by atoms with Crippen LogP contribution < -0.4 is 0 Å². The van der Waals surface area contributed by atoms with Gasteiger partial charge in [-0.1, -0.05) is 32.9 Å². The number of hydrogen-bond donors (Lipinski definition) is 1. The van der Waals surface area contributed by atoms with Gasteiger partial charge in [-0.05, 0) is 57.8 Å². The highest BCUT2D eigenvalue weighted by Crippen LogP contribution is 2.66. The van der Waals surface area contributed by atoms with Gasteiger partial charge in [0.2, 0.25) is 11.8 Å². The smallest absolute Gasteiger partial charge is 0.310 e. The molecule has 2 bridgehead atoms. The van der Waals surface area contributed by atoms with Crippen LogP contribution in [0, 0.1) is 17.3 Å². The van der Waals surface area contributed by atoms with Crippen molar-refractivity contribution in [3.8, 4) is 0 Å². The number of allylic oxidation sites excluding steroid dienone is 1. The van der Waals surface area contributed by atoms with Crippen molar-refractivity contribution in [1.29, 1.82) is 0 Å². The number of amides is 2. The van der Waals surface area contributed by atoms with E-state index in [0.29, 0.717) is 32.4 Å². The van der Waals surface area contributed by atoms with Crippen LogP contribution >= 0.6 is 11.8 Å². The molecular weight excluding hydrogens is 488 g/mol. The van der Waals surface area contributed by atoms with E-state index in [1.54, 1.807) is 28.8 Å². The van der Waals surface area contributed by atoms with E-state index in [9.17, 15) is 19.5 Å². The summed E-state index contributed by atoms with van der Waals surface area (Å²) in [7, 11) is 0. The number of ether oxygens (including phenoxy) is 1. The first-order chi connectivity index (χ1) is 17.3. The molecule has 5 atom stereocenters. The van der Waals surface area contributed by atoms with Crippen molar-refractivity contribution in [2.45, 2.75) is 94.7 Å². The van der Waals surface area contributed by atoms with Gasteiger partial charge >= 0.3 is 5.97 Å². The summed E-state index contributed by atoms with van der Waals surface area (Å²) in [5.74, 6) is -1.68. The Morgan fingerprint density at radius 1 is 1.22 bits per heavy atom. The normalized spacial score (nSPS) is 28.8. The van der Waals surface area contributed by atoms with Crippen molar-refractivity contribution in [3.63, 3.8) is 0 Å². The fraction of sp³-hybridized carbons (Fsp3) is 0.759. The highest BCUT2D eigenvalue weighted by molar-refractivity contribution is 8.02. The van der Waals surface area contributed by atoms with Crippen LogP contribution in [0.2, 0.25) is 0 Å². The number of unbranched alkanes of at least 4 members (excludes halogenated alkanes) is 1. The maximum atomic E-state index is 14.5. The summed E-state index contributed by atoms with van der Waals surface area (Å²) in [4.78, 5) is 45.3. The molecule has 1 spiro atoms. The molecule has 0 aromatic rings. The summed E-state index contributed by atoms with van der Waals surface area (Å²) in [6.07, 6.45) is 7.66. The fourth-order valence-electron chi connectivity index (χ4n) is 6.98. The summed E-state index contributed by atoms with van der Waals surface area (Å²) in [6.45, 7) is 19.1. The summed E-state index contributed by atoms with van der Waals surface area (Å²) in [5, 5.41) is 9.55. The van der Waals surface area contributed by atoms with Crippen LogP contribution in [0.3, 0.4) is 0 Å². The molecule has 0 aliphatic carbocycles. The molecule has 3 fully saturated rings. The monoisotopic (exact) mass is 534 g/mol. The number of aliphatic hydroxyl groups excluding tert-OH is 1. The number of carbonyl (C=O) groups excluding carboxylic acids is 3. The summed E-state index contributed by atoms with van der Waals surface area (Å²) in [5.41, 5.74) is -0.470. The van der Waals surface area contributed by atoms with E-state index in [4.69, 9.17) is 4.74 Å². The van der Waals surface area contributed by atoms with Gasteiger partial charge in [0.1, 0.15) is 6.04 Å². The molecule has 2 unspecified atom stereocenters. The second kappa shape index (κ2) is 11.5. The van der Waals surface area contributed by atoms with Crippen molar-refractivity contribution in [3.05, 3.63) is 25.3 Å². The Morgan fingerprint density at radius 3 is 2.51 bits per heavy atom. The van der Waals surface area contributed by atoms with Crippen molar-refractivity contribution in [1.82, 2.24) is 9.80 Å². The molecule has 2 amide bonds. The Labute approximate surface area is 227 Å². The van der Waals surface area contributed by atoms with E-state index in [0.717, 1.165) is 19.3 Å². The third-order valence-corrected chi connectivity index (χ3v) is 9.88. The quantitative estimate of drug-likeness (QED) is 0.217. The zero-order chi connectivity index (χ0) is 27.6. The van der Waals surface area contributed by atoms with E-state index >= 15 is 0 Å². The lowest BCUT2D eigenvalue weighted by Crippen LogP contribution is -2.60. The number of aliphatic hydroxyl groups is 1. The van der Waals surface area contributed by atoms with Crippen molar-refractivity contribution in [2.24, 2.45) is 17.3 Å². The topological polar surface area (TPSA) is 87.1 Å². The number of thioether (sulfide) groups is 1. The Balaban J connectivity index is 1.97. The van der Waals surface area contributed by atoms with Gasteiger partial charge in [0.15, 0.2) is 0 Å². The number of nitrogens with zero attached hydrogens (tertiary/aromatic N) is 2. The van der Waals surface area contributed by atoms with Crippen LogP contribution in [0.5, 0.6) is 0 Å². The molecule has 8 heteroatoms. The van der Waals surface area contributed by atoms with Gasteiger partial charge < -0.3 is 19.6 Å². The summed E-state index contributed by atoms with van der Waals surface area (Å²) in [6, 6.07) is -0.677. The highest BCUT2D eigenvalue weighted by atomic mass is 32.2. The minimum atomic E-state index is -0.677. The van der Waals surface area contributed by atoms with Gasteiger partial charge in [-0.25, -0.2) is 0 Å². The highest BCUT2D eigenvalue weighted by Gasteiger charge is 2.74. The molecule has 3 saturated heterocycles. The minimum Gasteiger partial charge on any atom is -0.465 e. The van der Waals surface area contributed by atoms with Gasteiger partial charge in [0.25, 0.3) is 0 Å². The van der Waals surface area contributed by atoms with Gasteiger partial charge in [-0.15, -0.1) is 24.9 Å². The molecule has 0 saturated carbocycles. The minimum absolute atomic E-state index is 0.00684. The van der Waals surface area contributed by atoms with Crippen LogP contribution in [0.15, 0.2) is 25.3 Å². The molecule has 3 aliphatic rings. The molecular formula is C29H46N2O5S. The Kier molecular flexibility index (Phi) is 9.26. The molecule has 0 aromatic carbocycles. The number of hydrogen-bond acceptors (Lipinski definition) is 6. The van der Waals surface area contributed by atoms with E-state index in [-0.39, 0.29) is 41.6 Å². The number of rotatable bonds is 13. The summed E-state index contributed by atoms with van der Waals surface area (Å²) >= 11 is 1.65. The van der Waals surface area contributed by atoms with Crippen molar-refractivity contribution >= 4 is 29.5 Å². The molecule has 37 heavy (non-hydrogen) atoms. The molecule has 3 heterocycles. The lowest BCUT2D eigenvalue weighted by Gasteiger charge is -2.46. The zero-order valence-corrected chi connectivity index (χ0v) is 24.1. The average molecular weight is 535 g/mol. The van der Waals surface area contributed by atoms with Crippen LogP contribution in [-0.4, -0.2) is 80.6 Å². The second-order valence-corrected chi connectivity index (χ2v) is 14.2. The number of carbonyl (C=O) groups is 3. The van der Waals surface area contributed by atoms with Gasteiger partial charge in [-0.3, -0.25) is 14.4 Å². The second-order valence-electron chi connectivity index (χ2n) is 12.6. The van der Waals surface area contributed by atoms with Gasteiger partial charge in [-0.2, -0.15) is 0 Å². The molecule has 3 aliphatic heterocycles. The predicted molar refractivity (Wildman–Crippen MR) is 148 cm³/mol. The van der Waals surface area contributed by atoms with Crippen LogP contribution in [-0.2, 0) is 19.1 Å².